The molecule has 5 heteroatoms. The summed E-state index contributed by atoms with van der Waals surface area (Å²) in [6, 6.07) is 18.6. The molecule has 0 unspecified atom stereocenters. The first-order chi connectivity index (χ1) is 13.5. The maximum absolute atomic E-state index is 13.7. The summed E-state index contributed by atoms with van der Waals surface area (Å²) in [6.07, 6.45) is 0.000416. The molecular weight excluding hydrogens is 359 g/mol. The first-order valence-corrected chi connectivity index (χ1v) is 9.05. The summed E-state index contributed by atoms with van der Waals surface area (Å²) in [5.74, 6) is -1.22. The fourth-order valence-corrected chi connectivity index (χ4v) is 3.64. The minimum atomic E-state index is -1.13. The van der Waals surface area contributed by atoms with E-state index in [9.17, 15) is 19.4 Å². The van der Waals surface area contributed by atoms with Crippen LogP contribution in [0.2, 0.25) is 0 Å². The molecule has 0 aliphatic carbocycles. The van der Waals surface area contributed by atoms with Gasteiger partial charge in [-0.05, 0) is 47.4 Å². The van der Waals surface area contributed by atoms with Gasteiger partial charge in [0.2, 0.25) is 0 Å². The lowest BCUT2D eigenvalue weighted by Crippen LogP contribution is -2.27. The Kier molecular flexibility index (Phi) is 4.84. The molecule has 0 bridgehead atoms. The van der Waals surface area contributed by atoms with E-state index in [0.29, 0.717) is 29.9 Å². The van der Waals surface area contributed by atoms with Crippen molar-refractivity contribution in [2.75, 3.05) is 6.61 Å². The largest absolute Gasteiger partial charge is 0.493 e. The molecule has 0 spiro atoms. The third-order valence-corrected chi connectivity index (χ3v) is 5.10. The van der Waals surface area contributed by atoms with Crippen LogP contribution in [-0.4, -0.2) is 22.8 Å². The Morgan fingerprint density at radius 3 is 2.61 bits per heavy atom. The van der Waals surface area contributed by atoms with Gasteiger partial charge in [-0.25, -0.2) is 9.18 Å². The number of carboxylic acids is 1. The monoisotopic (exact) mass is 378 g/mol. The Labute approximate surface area is 161 Å². The number of carbonyl (C=O) groups is 1. The molecule has 0 saturated heterocycles. The lowest BCUT2D eigenvalue weighted by atomic mass is 9.87. The molecule has 2 atom stereocenters. The van der Waals surface area contributed by atoms with Gasteiger partial charge in [-0.15, -0.1) is 0 Å². The van der Waals surface area contributed by atoms with E-state index >= 15 is 0 Å². The quantitative estimate of drug-likeness (QED) is 0.703. The normalized spacial score (nSPS) is 18.2. The molecule has 1 aliphatic rings. The van der Waals surface area contributed by atoms with Gasteiger partial charge >= 0.3 is 5.97 Å². The molecule has 4 nitrogen and oxygen atoms in total. The van der Waals surface area contributed by atoms with Crippen LogP contribution in [0, 0.1) is 11.7 Å². The van der Waals surface area contributed by atoms with E-state index in [0.717, 1.165) is 11.6 Å². The standard InChI is InChI=1S/C23H19FO4/c24-17-7-9-18(23(26)27)20(12-17)15-6-8-19-21(11-15)28-13-16(22(19)25)10-14-4-2-1-3-5-14/h1-9,11-12,16,22,25H,10,13H2,(H,26,27)/t16-,22+/m0/s1. The highest BCUT2D eigenvalue weighted by Crippen LogP contribution is 2.39. The van der Waals surface area contributed by atoms with Crippen LogP contribution in [0.3, 0.4) is 0 Å². The average Bonchev–Trinajstić information content (AvgIpc) is 2.70. The number of benzene rings is 3. The summed E-state index contributed by atoms with van der Waals surface area (Å²) in [4.78, 5) is 11.5. The van der Waals surface area contributed by atoms with Gasteiger partial charge in [-0.3, -0.25) is 0 Å². The molecule has 0 aromatic heterocycles. The highest BCUT2D eigenvalue weighted by atomic mass is 19.1. The Balaban J connectivity index is 1.64. The molecule has 1 heterocycles. The Morgan fingerprint density at radius 1 is 1.07 bits per heavy atom. The van der Waals surface area contributed by atoms with E-state index in [2.05, 4.69) is 0 Å². The van der Waals surface area contributed by atoms with Crippen molar-refractivity contribution in [2.45, 2.75) is 12.5 Å². The smallest absolute Gasteiger partial charge is 0.336 e. The predicted octanol–water partition coefficient (Wildman–Crippen LogP) is 4.48. The van der Waals surface area contributed by atoms with Gasteiger partial charge in [0.05, 0.1) is 18.3 Å². The molecule has 4 rings (SSSR count). The number of aliphatic hydroxyl groups is 1. The summed E-state index contributed by atoms with van der Waals surface area (Å²) in [6.45, 7) is 0.349. The highest BCUT2D eigenvalue weighted by molar-refractivity contribution is 5.96. The molecule has 0 fully saturated rings. The van der Waals surface area contributed by atoms with Crippen molar-refractivity contribution >= 4 is 5.97 Å². The lowest BCUT2D eigenvalue weighted by molar-refractivity contribution is 0.0508. The zero-order valence-electron chi connectivity index (χ0n) is 15.0. The van der Waals surface area contributed by atoms with Crippen LogP contribution in [0.15, 0.2) is 66.7 Å². The van der Waals surface area contributed by atoms with Crippen LogP contribution >= 0.6 is 0 Å². The Hall–Kier alpha value is -3.18. The van der Waals surface area contributed by atoms with Crippen LogP contribution < -0.4 is 4.74 Å². The van der Waals surface area contributed by atoms with Crippen molar-refractivity contribution in [1.82, 2.24) is 0 Å². The average molecular weight is 378 g/mol. The molecule has 1 aliphatic heterocycles. The van der Waals surface area contributed by atoms with Crippen molar-refractivity contribution in [1.29, 1.82) is 0 Å². The summed E-state index contributed by atoms with van der Waals surface area (Å²) >= 11 is 0. The summed E-state index contributed by atoms with van der Waals surface area (Å²) in [7, 11) is 0. The number of halogens is 1. The molecular formula is C23H19FO4. The third-order valence-electron chi connectivity index (χ3n) is 5.10. The summed E-state index contributed by atoms with van der Waals surface area (Å²) in [5, 5.41) is 20.2. The molecule has 3 aromatic carbocycles. The van der Waals surface area contributed by atoms with E-state index in [1.807, 2.05) is 30.3 Å². The highest BCUT2D eigenvalue weighted by Gasteiger charge is 2.30. The van der Waals surface area contributed by atoms with Crippen molar-refractivity contribution in [2.24, 2.45) is 5.92 Å². The second-order valence-corrected chi connectivity index (χ2v) is 6.95. The first-order valence-electron chi connectivity index (χ1n) is 9.05. The van der Waals surface area contributed by atoms with Gasteiger partial charge in [-0.2, -0.15) is 0 Å². The fraction of sp³-hybridized carbons (Fsp3) is 0.174. The van der Waals surface area contributed by atoms with E-state index in [4.69, 9.17) is 4.74 Å². The van der Waals surface area contributed by atoms with Crippen LogP contribution in [0.1, 0.15) is 27.6 Å². The molecule has 0 saturated carbocycles. The number of hydrogen-bond acceptors (Lipinski definition) is 3. The van der Waals surface area contributed by atoms with Crippen LogP contribution in [0.4, 0.5) is 4.39 Å². The molecule has 28 heavy (non-hydrogen) atoms. The predicted molar refractivity (Wildman–Crippen MR) is 103 cm³/mol. The number of aliphatic hydroxyl groups excluding tert-OH is 1. The maximum atomic E-state index is 13.7. The Bertz CT molecular complexity index is 1020. The van der Waals surface area contributed by atoms with Gasteiger partial charge in [-0.1, -0.05) is 42.5 Å². The number of ether oxygens (including phenoxy) is 1. The minimum absolute atomic E-state index is 0.0136. The number of carboxylic acid groups (broad SMARTS) is 1. The Morgan fingerprint density at radius 2 is 1.86 bits per heavy atom. The van der Waals surface area contributed by atoms with Gasteiger partial charge in [0.1, 0.15) is 11.6 Å². The molecule has 2 N–H and O–H groups in total. The minimum Gasteiger partial charge on any atom is -0.493 e. The van der Waals surface area contributed by atoms with Gasteiger partial charge in [0.15, 0.2) is 0 Å². The van der Waals surface area contributed by atoms with E-state index in [-0.39, 0.29) is 17.0 Å². The topological polar surface area (TPSA) is 66.8 Å². The van der Waals surface area contributed by atoms with Crippen LogP contribution in [0.25, 0.3) is 11.1 Å². The van der Waals surface area contributed by atoms with Crippen LogP contribution in [0.5, 0.6) is 5.75 Å². The lowest BCUT2D eigenvalue weighted by Gasteiger charge is -2.31. The van der Waals surface area contributed by atoms with E-state index in [1.165, 1.54) is 12.1 Å². The van der Waals surface area contributed by atoms with Crippen molar-refractivity contribution in [3.05, 3.63) is 89.2 Å². The molecule has 0 radical (unpaired) electrons. The number of aromatic carboxylic acids is 1. The second kappa shape index (κ2) is 7.44. The molecule has 0 amide bonds. The SMILES string of the molecule is O=C(O)c1ccc(F)cc1-c1ccc2c(c1)OC[C@H](Cc1ccccc1)[C@H]2O. The van der Waals surface area contributed by atoms with Gasteiger partial charge < -0.3 is 14.9 Å². The van der Waals surface area contributed by atoms with Crippen molar-refractivity contribution < 1.29 is 24.1 Å². The van der Waals surface area contributed by atoms with Gasteiger partial charge in [0, 0.05) is 11.5 Å². The summed E-state index contributed by atoms with van der Waals surface area (Å²) in [5.41, 5.74) is 2.61. The zero-order chi connectivity index (χ0) is 19.7. The third kappa shape index (κ3) is 3.49. The van der Waals surface area contributed by atoms with Gasteiger partial charge in [0.25, 0.3) is 0 Å². The van der Waals surface area contributed by atoms with E-state index in [1.54, 1.807) is 18.2 Å². The number of hydrogen-bond donors (Lipinski definition) is 2. The molecule has 3 aromatic rings. The zero-order valence-corrected chi connectivity index (χ0v) is 15.0. The number of fused-ring (bicyclic) bond motifs is 1. The summed E-state index contributed by atoms with van der Waals surface area (Å²) < 4.78 is 19.6. The second-order valence-electron chi connectivity index (χ2n) is 6.95. The number of rotatable bonds is 4. The molecule has 142 valence electrons. The van der Waals surface area contributed by atoms with Crippen molar-refractivity contribution in [3.8, 4) is 16.9 Å². The maximum Gasteiger partial charge on any atom is 0.336 e. The van der Waals surface area contributed by atoms with E-state index < -0.39 is 17.9 Å². The van der Waals surface area contributed by atoms with Crippen LogP contribution in [-0.2, 0) is 6.42 Å². The fourth-order valence-electron chi connectivity index (χ4n) is 3.64. The first kappa shape index (κ1) is 18.2. The van der Waals surface area contributed by atoms with Crippen molar-refractivity contribution in [3.63, 3.8) is 0 Å².